The number of carbonyl (C=O) groups excluding carboxylic acids is 1. The van der Waals surface area contributed by atoms with Gasteiger partial charge in [-0.1, -0.05) is 27.5 Å². The van der Waals surface area contributed by atoms with Crippen LogP contribution in [0.1, 0.15) is 10.4 Å². The van der Waals surface area contributed by atoms with Gasteiger partial charge in [0.25, 0.3) is 5.91 Å². The predicted molar refractivity (Wildman–Crippen MR) is 75.8 cm³/mol. The molecule has 0 aromatic carbocycles. The minimum atomic E-state index is -0.751. The topological polar surface area (TPSA) is 98.0 Å². The molecule has 2 rings (SSSR count). The number of pyridine rings is 2. The first-order chi connectivity index (χ1) is 9.49. The van der Waals surface area contributed by atoms with Gasteiger partial charge in [0, 0.05) is 16.9 Å². The third kappa shape index (κ3) is 3.09. The molecule has 0 saturated carbocycles. The lowest BCUT2D eigenvalue weighted by molar-refractivity contribution is -0.385. The minimum Gasteiger partial charge on any atom is -0.306 e. The number of carbonyl (C=O) groups is 1. The number of nitrogens with zero attached hydrogens (tertiary/aromatic N) is 3. The summed E-state index contributed by atoms with van der Waals surface area (Å²) in [6, 6.07) is 4.46. The number of rotatable bonds is 3. The van der Waals surface area contributed by atoms with Gasteiger partial charge in [0.05, 0.1) is 4.92 Å². The molecule has 2 heterocycles. The molecule has 0 aliphatic carbocycles. The van der Waals surface area contributed by atoms with E-state index in [1.54, 1.807) is 12.1 Å². The molecular formula is C11H6BrClN4O3. The van der Waals surface area contributed by atoms with Gasteiger partial charge in [-0.05, 0) is 18.2 Å². The van der Waals surface area contributed by atoms with Crippen LogP contribution in [-0.4, -0.2) is 20.8 Å². The number of hydrogen-bond acceptors (Lipinski definition) is 5. The van der Waals surface area contributed by atoms with Crippen molar-refractivity contribution in [1.29, 1.82) is 0 Å². The van der Waals surface area contributed by atoms with Gasteiger partial charge in [-0.3, -0.25) is 14.9 Å². The number of halogens is 2. The highest BCUT2D eigenvalue weighted by Crippen LogP contribution is 2.26. The van der Waals surface area contributed by atoms with E-state index in [2.05, 4.69) is 31.2 Å². The second kappa shape index (κ2) is 5.93. The van der Waals surface area contributed by atoms with Gasteiger partial charge in [0.1, 0.15) is 11.4 Å². The Morgan fingerprint density at radius 2 is 2.05 bits per heavy atom. The van der Waals surface area contributed by atoms with Crippen LogP contribution in [0.25, 0.3) is 0 Å². The number of aromatic nitrogens is 2. The van der Waals surface area contributed by atoms with E-state index in [1.165, 1.54) is 18.5 Å². The summed E-state index contributed by atoms with van der Waals surface area (Å²) in [6.45, 7) is 0. The van der Waals surface area contributed by atoms with Crippen LogP contribution in [0.2, 0.25) is 5.15 Å². The van der Waals surface area contributed by atoms with Crippen molar-refractivity contribution >= 4 is 44.9 Å². The quantitative estimate of drug-likeness (QED) is 0.517. The van der Waals surface area contributed by atoms with E-state index in [4.69, 9.17) is 11.6 Å². The Hall–Kier alpha value is -2.06. The van der Waals surface area contributed by atoms with Crippen molar-refractivity contribution in [3.8, 4) is 0 Å². The zero-order chi connectivity index (χ0) is 14.7. The van der Waals surface area contributed by atoms with Gasteiger partial charge < -0.3 is 5.32 Å². The molecule has 0 bridgehead atoms. The molecule has 1 N–H and O–H groups in total. The van der Waals surface area contributed by atoms with E-state index in [-0.39, 0.29) is 16.5 Å². The van der Waals surface area contributed by atoms with Gasteiger partial charge in [0.2, 0.25) is 5.15 Å². The van der Waals surface area contributed by atoms with Crippen LogP contribution in [0.5, 0.6) is 0 Å². The molecule has 7 nitrogen and oxygen atoms in total. The number of nitrogens with one attached hydrogen (secondary N) is 1. The van der Waals surface area contributed by atoms with Crippen molar-refractivity contribution in [3.63, 3.8) is 0 Å². The Kier molecular flexibility index (Phi) is 4.26. The first kappa shape index (κ1) is 14.4. The van der Waals surface area contributed by atoms with Crippen LogP contribution in [0.15, 0.2) is 35.1 Å². The molecule has 0 fully saturated rings. The minimum absolute atomic E-state index is 0.184. The fourth-order valence-corrected chi connectivity index (χ4v) is 2.00. The molecule has 2 aromatic rings. The van der Waals surface area contributed by atoms with Gasteiger partial charge in [0.15, 0.2) is 0 Å². The summed E-state index contributed by atoms with van der Waals surface area (Å²) in [5.74, 6) is -0.432. The van der Waals surface area contributed by atoms with E-state index in [9.17, 15) is 14.9 Å². The summed E-state index contributed by atoms with van der Waals surface area (Å²) in [7, 11) is 0. The van der Waals surface area contributed by atoms with E-state index in [0.29, 0.717) is 4.47 Å². The highest BCUT2D eigenvalue weighted by molar-refractivity contribution is 9.10. The van der Waals surface area contributed by atoms with Gasteiger partial charge in [-0.15, -0.1) is 0 Å². The fourth-order valence-electron chi connectivity index (χ4n) is 1.44. The van der Waals surface area contributed by atoms with Crippen molar-refractivity contribution in [2.45, 2.75) is 0 Å². The second-order valence-electron chi connectivity index (χ2n) is 3.57. The van der Waals surface area contributed by atoms with Gasteiger partial charge >= 0.3 is 5.69 Å². The summed E-state index contributed by atoms with van der Waals surface area (Å²) in [6.07, 6.45) is 2.70. The lowest BCUT2D eigenvalue weighted by Gasteiger charge is -2.05. The molecule has 0 spiro atoms. The molecule has 20 heavy (non-hydrogen) atoms. The molecule has 0 aliphatic heterocycles. The van der Waals surface area contributed by atoms with Crippen molar-refractivity contribution < 1.29 is 9.72 Å². The molecule has 0 radical (unpaired) electrons. The van der Waals surface area contributed by atoms with Crippen LogP contribution in [0.3, 0.4) is 0 Å². The average molecular weight is 358 g/mol. The standard InChI is InChI=1S/C11H6BrClN4O3/c12-6-1-3-14-8(5-6)16-11(18)7-2-4-15-10(13)9(7)17(19)20/h1-5H,(H,14,16,18). The monoisotopic (exact) mass is 356 g/mol. The second-order valence-corrected chi connectivity index (χ2v) is 4.84. The third-order valence-electron chi connectivity index (χ3n) is 2.27. The zero-order valence-electron chi connectivity index (χ0n) is 9.71. The average Bonchev–Trinajstić information content (AvgIpc) is 2.37. The van der Waals surface area contributed by atoms with E-state index >= 15 is 0 Å². The number of anilines is 1. The van der Waals surface area contributed by atoms with Crippen LogP contribution in [0.4, 0.5) is 11.5 Å². The van der Waals surface area contributed by atoms with Crippen molar-refractivity contribution in [3.05, 3.63) is 55.9 Å². The third-order valence-corrected chi connectivity index (χ3v) is 3.04. The largest absolute Gasteiger partial charge is 0.319 e. The Morgan fingerprint density at radius 3 is 2.70 bits per heavy atom. The lowest BCUT2D eigenvalue weighted by Crippen LogP contribution is -2.15. The molecule has 2 aromatic heterocycles. The summed E-state index contributed by atoms with van der Waals surface area (Å²) in [4.78, 5) is 29.7. The molecule has 0 aliphatic rings. The van der Waals surface area contributed by atoms with Gasteiger partial charge in [-0.2, -0.15) is 0 Å². The molecule has 102 valence electrons. The molecule has 0 unspecified atom stereocenters. The Balaban J connectivity index is 2.35. The smallest absolute Gasteiger partial charge is 0.306 e. The maximum absolute atomic E-state index is 12.0. The first-order valence-corrected chi connectivity index (χ1v) is 6.38. The highest BCUT2D eigenvalue weighted by Gasteiger charge is 2.25. The molecule has 9 heteroatoms. The van der Waals surface area contributed by atoms with Crippen LogP contribution >= 0.6 is 27.5 Å². The summed E-state index contributed by atoms with van der Waals surface area (Å²) < 4.78 is 0.713. The fraction of sp³-hybridized carbons (Fsp3) is 0. The van der Waals surface area contributed by atoms with Crippen molar-refractivity contribution in [2.75, 3.05) is 5.32 Å². The first-order valence-electron chi connectivity index (χ1n) is 5.21. The molecular weight excluding hydrogens is 352 g/mol. The lowest BCUT2D eigenvalue weighted by atomic mass is 10.2. The van der Waals surface area contributed by atoms with Gasteiger partial charge in [-0.25, -0.2) is 9.97 Å². The van der Waals surface area contributed by atoms with E-state index in [0.717, 1.165) is 0 Å². The number of hydrogen-bond donors (Lipinski definition) is 1. The Labute approximate surface area is 126 Å². The summed E-state index contributed by atoms with van der Waals surface area (Å²) >= 11 is 8.87. The van der Waals surface area contributed by atoms with Crippen LogP contribution in [-0.2, 0) is 0 Å². The maximum atomic E-state index is 12.0. The van der Waals surface area contributed by atoms with Crippen LogP contribution < -0.4 is 5.32 Å². The highest BCUT2D eigenvalue weighted by atomic mass is 79.9. The number of nitro groups is 1. The molecule has 1 amide bonds. The SMILES string of the molecule is O=C(Nc1cc(Br)ccn1)c1ccnc(Cl)c1[N+](=O)[O-]. The zero-order valence-corrected chi connectivity index (χ0v) is 12.1. The van der Waals surface area contributed by atoms with Crippen molar-refractivity contribution in [2.24, 2.45) is 0 Å². The summed E-state index contributed by atoms with van der Waals surface area (Å²) in [5.41, 5.74) is -0.724. The molecule has 0 saturated heterocycles. The molecule has 0 atom stereocenters. The summed E-state index contributed by atoms with van der Waals surface area (Å²) in [5, 5.41) is 13.0. The Bertz CT molecular complexity index is 695. The predicted octanol–water partition coefficient (Wildman–Crippen LogP) is 3.05. The van der Waals surface area contributed by atoms with Crippen molar-refractivity contribution in [1.82, 2.24) is 9.97 Å². The van der Waals surface area contributed by atoms with Crippen LogP contribution in [0, 0.1) is 10.1 Å². The normalized spacial score (nSPS) is 10.1. The van der Waals surface area contributed by atoms with E-state index in [1.807, 2.05) is 0 Å². The van der Waals surface area contributed by atoms with E-state index < -0.39 is 16.5 Å². The maximum Gasteiger partial charge on any atom is 0.319 e. The Morgan fingerprint density at radius 1 is 1.35 bits per heavy atom. The number of amides is 1.